The summed E-state index contributed by atoms with van der Waals surface area (Å²) in [5.74, 6) is 0.871. The molecule has 1 heterocycles. The molecule has 0 saturated carbocycles. The molecule has 176 valence electrons. The second-order valence-corrected chi connectivity index (χ2v) is 9.37. The Balaban J connectivity index is 1.65. The SMILES string of the molecule is CCCc1cc(=O)oc2c(CCC)c(OCCCSc3ccc(CC(=O)O)cc3C)ccc12. The second kappa shape index (κ2) is 11.9. The molecular formula is C27H32O5S. The Morgan fingerprint density at radius 3 is 2.58 bits per heavy atom. The van der Waals surface area contributed by atoms with Gasteiger partial charge in [0.2, 0.25) is 0 Å². The van der Waals surface area contributed by atoms with Gasteiger partial charge in [-0.25, -0.2) is 4.79 Å². The fourth-order valence-corrected chi connectivity index (χ4v) is 4.94. The van der Waals surface area contributed by atoms with Gasteiger partial charge in [-0.1, -0.05) is 38.8 Å². The summed E-state index contributed by atoms with van der Waals surface area (Å²) in [4.78, 5) is 24.2. The third-order valence-corrected chi connectivity index (χ3v) is 6.74. The van der Waals surface area contributed by atoms with E-state index < -0.39 is 5.97 Å². The molecule has 0 fully saturated rings. The molecule has 0 saturated heterocycles. The maximum atomic E-state index is 12.1. The predicted molar refractivity (Wildman–Crippen MR) is 134 cm³/mol. The van der Waals surface area contributed by atoms with Gasteiger partial charge in [0.25, 0.3) is 0 Å². The predicted octanol–water partition coefficient (Wildman–Crippen LogP) is 6.19. The first kappa shape index (κ1) is 24.9. The monoisotopic (exact) mass is 468 g/mol. The van der Waals surface area contributed by atoms with Gasteiger partial charge in [0, 0.05) is 27.7 Å². The second-order valence-electron chi connectivity index (χ2n) is 8.23. The first-order valence-electron chi connectivity index (χ1n) is 11.6. The van der Waals surface area contributed by atoms with Crippen LogP contribution in [0.5, 0.6) is 5.75 Å². The normalized spacial score (nSPS) is 11.1. The van der Waals surface area contributed by atoms with Crippen molar-refractivity contribution in [2.24, 2.45) is 0 Å². The van der Waals surface area contributed by atoms with Crippen LogP contribution in [0.4, 0.5) is 0 Å². The van der Waals surface area contributed by atoms with Crippen molar-refractivity contribution in [1.29, 1.82) is 0 Å². The number of thioether (sulfide) groups is 1. The summed E-state index contributed by atoms with van der Waals surface area (Å²) in [7, 11) is 0. The average molecular weight is 469 g/mol. The largest absolute Gasteiger partial charge is 0.493 e. The van der Waals surface area contributed by atoms with E-state index in [1.165, 1.54) is 0 Å². The number of carboxylic acid groups (broad SMARTS) is 1. The highest BCUT2D eigenvalue weighted by Gasteiger charge is 2.14. The van der Waals surface area contributed by atoms with Gasteiger partial charge in [-0.05, 0) is 61.1 Å². The lowest BCUT2D eigenvalue weighted by atomic mass is 10.0. The third kappa shape index (κ3) is 6.64. The van der Waals surface area contributed by atoms with Gasteiger partial charge in [0.15, 0.2) is 0 Å². The van der Waals surface area contributed by atoms with E-state index in [9.17, 15) is 9.59 Å². The van der Waals surface area contributed by atoms with Crippen molar-refractivity contribution in [1.82, 2.24) is 0 Å². The number of hydrogen-bond acceptors (Lipinski definition) is 5. The Morgan fingerprint density at radius 2 is 1.88 bits per heavy atom. The van der Waals surface area contributed by atoms with Crippen molar-refractivity contribution in [2.75, 3.05) is 12.4 Å². The fraction of sp³-hybridized carbons (Fsp3) is 0.407. The van der Waals surface area contributed by atoms with Crippen LogP contribution in [-0.2, 0) is 24.1 Å². The Kier molecular flexibility index (Phi) is 9.01. The number of aryl methyl sites for hydroxylation is 3. The number of carbonyl (C=O) groups is 1. The van der Waals surface area contributed by atoms with Crippen LogP contribution >= 0.6 is 11.8 Å². The zero-order chi connectivity index (χ0) is 23.8. The lowest BCUT2D eigenvalue weighted by Gasteiger charge is -2.14. The van der Waals surface area contributed by atoms with Crippen molar-refractivity contribution < 1.29 is 19.1 Å². The number of benzene rings is 2. The van der Waals surface area contributed by atoms with Crippen LogP contribution in [0.3, 0.4) is 0 Å². The summed E-state index contributed by atoms with van der Waals surface area (Å²) in [5.41, 5.74) is 4.29. The molecule has 33 heavy (non-hydrogen) atoms. The number of rotatable bonds is 12. The van der Waals surface area contributed by atoms with Crippen LogP contribution in [0, 0.1) is 6.92 Å². The van der Waals surface area contributed by atoms with Crippen LogP contribution < -0.4 is 10.4 Å². The summed E-state index contributed by atoms with van der Waals surface area (Å²) >= 11 is 1.75. The highest BCUT2D eigenvalue weighted by Crippen LogP contribution is 2.31. The van der Waals surface area contributed by atoms with Gasteiger partial charge in [0.1, 0.15) is 11.3 Å². The fourth-order valence-electron chi connectivity index (χ4n) is 4.01. The maximum absolute atomic E-state index is 12.1. The molecule has 0 aliphatic heterocycles. The molecule has 0 unspecified atom stereocenters. The number of fused-ring (bicyclic) bond motifs is 1. The summed E-state index contributed by atoms with van der Waals surface area (Å²) in [6, 6.07) is 11.4. The molecule has 1 N–H and O–H groups in total. The molecule has 0 aliphatic carbocycles. The van der Waals surface area contributed by atoms with E-state index in [0.717, 1.165) is 76.1 Å². The van der Waals surface area contributed by atoms with Crippen molar-refractivity contribution >= 4 is 28.7 Å². The summed E-state index contributed by atoms with van der Waals surface area (Å²) < 4.78 is 11.8. The Hall–Kier alpha value is -2.73. The summed E-state index contributed by atoms with van der Waals surface area (Å²) in [6.07, 6.45) is 4.46. The average Bonchev–Trinajstić information content (AvgIpc) is 2.76. The van der Waals surface area contributed by atoms with Crippen LogP contribution in [-0.4, -0.2) is 23.4 Å². The van der Waals surface area contributed by atoms with Crippen molar-refractivity contribution in [2.45, 2.75) is 64.2 Å². The van der Waals surface area contributed by atoms with Gasteiger partial charge < -0.3 is 14.3 Å². The van der Waals surface area contributed by atoms with Gasteiger partial charge in [-0.15, -0.1) is 11.8 Å². The highest BCUT2D eigenvalue weighted by molar-refractivity contribution is 7.99. The lowest BCUT2D eigenvalue weighted by Crippen LogP contribution is -2.06. The molecule has 0 spiro atoms. The Morgan fingerprint density at radius 1 is 1.09 bits per heavy atom. The van der Waals surface area contributed by atoms with E-state index in [2.05, 4.69) is 13.8 Å². The molecule has 5 nitrogen and oxygen atoms in total. The van der Waals surface area contributed by atoms with Crippen molar-refractivity contribution in [3.05, 3.63) is 69.1 Å². The Bertz CT molecular complexity index is 1170. The molecule has 0 radical (unpaired) electrons. The van der Waals surface area contributed by atoms with Gasteiger partial charge in [0.05, 0.1) is 13.0 Å². The van der Waals surface area contributed by atoms with E-state index in [-0.39, 0.29) is 12.0 Å². The minimum Gasteiger partial charge on any atom is -0.493 e. The molecule has 0 bridgehead atoms. The maximum Gasteiger partial charge on any atom is 0.336 e. The molecule has 3 aromatic rings. The Labute approximate surface area is 199 Å². The highest BCUT2D eigenvalue weighted by atomic mass is 32.2. The van der Waals surface area contributed by atoms with E-state index >= 15 is 0 Å². The molecule has 3 rings (SSSR count). The van der Waals surface area contributed by atoms with Crippen LogP contribution in [0.25, 0.3) is 11.0 Å². The molecular weight excluding hydrogens is 436 g/mol. The molecule has 2 aromatic carbocycles. The number of hydrogen-bond donors (Lipinski definition) is 1. The molecule has 0 amide bonds. The standard InChI is InChI=1S/C27H32O5S/c1-4-7-20-17-26(30)32-27-21(20)10-11-23(22(27)8-5-2)31-13-6-14-33-24-12-9-19(15-18(24)3)16-25(28)29/h9-12,15,17H,4-8,13-14,16H2,1-3H3,(H,28,29). The third-order valence-electron chi connectivity index (χ3n) is 5.48. The first-order chi connectivity index (χ1) is 15.9. The van der Waals surface area contributed by atoms with Crippen molar-refractivity contribution in [3.63, 3.8) is 0 Å². The quantitative estimate of drug-likeness (QED) is 0.194. The minimum atomic E-state index is -0.816. The van der Waals surface area contributed by atoms with Crippen molar-refractivity contribution in [3.8, 4) is 5.75 Å². The molecule has 0 aliphatic rings. The van der Waals surface area contributed by atoms with Crippen LogP contribution in [0.1, 0.15) is 55.4 Å². The van der Waals surface area contributed by atoms with E-state index in [0.29, 0.717) is 12.2 Å². The summed E-state index contributed by atoms with van der Waals surface area (Å²) in [6.45, 7) is 6.80. The first-order valence-corrected chi connectivity index (χ1v) is 12.6. The van der Waals surface area contributed by atoms with Crippen LogP contribution in [0.15, 0.2) is 50.5 Å². The van der Waals surface area contributed by atoms with E-state index in [1.807, 2.05) is 37.3 Å². The van der Waals surface area contributed by atoms with Gasteiger partial charge >= 0.3 is 11.6 Å². The minimum absolute atomic E-state index is 0.0472. The summed E-state index contributed by atoms with van der Waals surface area (Å²) in [5, 5.41) is 9.95. The van der Waals surface area contributed by atoms with Gasteiger partial charge in [-0.2, -0.15) is 0 Å². The van der Waals surface area contributed by atoms with Gasteiger partial charge in [-0.3, -0.25) is 4.79 Å². The smallest absolute Gasteiger partial charge is 0.336 e. The molecule has 1 aromatic heterocycles. The lowest BCUT2D eigenvalue weighted by molar-refractivity contribution is -0.136. The molecule has 0 atom stereocenters. The topological polar surface area (TPSA) is 76.7 Å². The number of aliphatic carboxylic acids is 1. The van der Waals surface area contributed by atoms with Crippen LogP contribution in [0.2, 0.25) is 0 Å². The molecule has 6 heteroatoms. The number of ether oxygens (including phenoxy) is 1. The number of carboxylic acids is 1. The zero-order valence-corrected chi connectivity index (χ0v) is 20.4. The zero-order valence-electron chi connectivity index (χ0n) is 19.6. The van der Waals surface area contributed by atoms with E-state index in [1.54, 1.807) is 17.8 Å². The van der Waals surface area contributed by atoms with E-state index in [4.69, 9.17) is 14.3 Å².